The van der Waals surface area contributed by atoms with Gasteiger partial charge in [-0.15, -0.1) is 0 Å². The van der Waals surface area contributed by atoms with Gasteiger partial charge in [0.05, 0.1) is 40.4 Å². The molecule has 1 amide bonds. The van der Waals surface area contributed by atoms with Crippen molar-refractivity contribution in [2.75, 3.05) is 0 Å². The molecule has 0 radical (unpaired) electrons. The van der Waals surface area contributed by atoms with E-state index < -0.39 is 5.97 Å². The first kappa shape index (κ1) is 26.0. The molecule has 6 aromatic rings. The zero-order valence-electron chi connectivity index (χ0n) is 22.2. The normalized spacial score (nSPS) is 12.0. The van der Waals surface area contributed by atoms with Gasteiger partial charge in [0.1, 0.15) is 5.82 Å². The molecule has 0 aliphatic carbocycles. The molecular weight excluding hydrogens is 517 g/mol. The Balaban J connectivity index is 1.39. The number of carbonyl (C=O) groups excluding carboxylic acids is 1. The van der Waals surface area contributed by atoms with E-state index in [-0.39, 0.29) is 23.3 Å². The predicted octanol–water partition coefficient (Wildman–Crippen LogP) is 7.23. The number of rotatable bonds is 7. The second-order valence-corrected chi connectivity index (χ2v) is 10.0. The summed E-state index contributed by atoms with van der Waals surface area (Å²) in [6.45, 7) is 2.32. The maximum atomic E-state index is 13.8. The molecule has 0 aliphatic rings. The molecule has 1 atom stereocenters. The van der Waals surface area contributed by atoms with Crippen molar-refractivity contribution < 1.29 is 19.1 Å². The third-order valence-electron chi connectivity index (χ3n) is 7.28. The third-order valence-corrected chi connectivity index (χ3v) is 7.28. The minimum atomic E-state index is -1.00. The van der Waals surface area contributed by atoms with Crippen molar-refractivity contribution in [1.29, 1.82) is 0 Å². The molecule has 7 heteroatoms. The van der Waals surface area contributed by atoms with Crippen LogP contribution in [0.5, 0.6) is 0 Å². The highest BCUT2D eigenvalue weighted by molar-refractivity contribution is 6.08. The van der Waals surface area contributed by atoms with E-state index in [4.69, 9.17) is 4.98 Å². The van der Waals surface area contributed by atoms with Crippen LogP contribution < -0.4 is 5.32 Å². The minimum absolute atomic E-state index is 0.182. The van der Waals surface area contributed by atoms with Crippen molar-refractivity contribution >= 4 is 33.7 Å². The Morgan fingerprint density at radius 1 is 0.878 bits per heavy atom. The van der Waals surface area contributed by atoms with Gasteiger partial charge in [-0.1, -0.05) is 48.5 Å². The summed E-state index contributed by atoms with van der Waals surface area (Å²) in [5.41, 5.74) is 5.55. The lowest BCUT2D eigenvalue weighted by molar-refractivity contribution is 0.0696. The number of aromatic nitrogens is 2. The molecule has 0 saturated heterocycles. The standard InChI is InChI=1S/C34H26FN3O3/c1-21(22-6-8-25(9-7-22)34(40)41)36-33(39)30-19-27(23-10-13-28(35)14-11-23)18-26-16-17-38(32(26)30)20-29-15-12-24-4-2-3-5-31(24)37-29/h2-19,21H,20H2,1H3,(H,36,39)(H,40,41)/t21-/m0/s1. The van der Waals surface area contributed by atoms with E-state index in [0.29, 0.717) is 12.1 Å². The fourth-order valence-electron chi connectivity index (χ4n) is 5.11. The molecule has 4 aromatic carbocycles. The summed E-state index contributed by atoms with van der Waals surface area (Å²) in [7, 11) is 0. The number of fused-ring (bicyclic) bond motifs is 2. The number of aromatic carboxylic acids is 1. The number of nitrogens with zero attached hydrogens (tertiary/aromatic N) is 2. The molecule has 6 rings (SSSR count). The van der Waals surface area contributed by atoms with Gasteiger partial charge in [-0.2, -0.15) is 0 Å². The molecule has 202 valence electrons. The Bertz CT molecular complexity index is 1910. The maximum absolute atomic E-state index is 13.8. The van der Waals surface area contributed by atoms with Crippen LogP contribution in [0.3, 0.4) is 0 Å². The first-order valence-electron chi connectivity index (χ1n) is 13.2. The van der Waals surface area contributed by atoms with Gasteiger partial charge >= 0.3 is 5.97 Å². The second kappa shape index (κ2) is 10.7. The summed E-state index contributed by atoms with van der Waals surface area (Å²) in [6.07, 6.45) is 1.95. The number of benzene rings is 4. The lowest BCUT2D eigenvalue weighted by atomic mass is 9.99. The van der Waals surface area contributed by atoms with Crippen molar-refractivity contribution in [2.45, 2.75) is 19.5 Å². The van der Waals surface area contributed by atoms with Gasteiger partial charge in [0.25, 0.3) is 5.91 Å². The fraction of sp³-hybridized carbons (Fsp3) is 0.0882. The van der Waals surface area contributed by atoms with Crippen LogP contribution in [0.1, 0.15) is 44.9 Å². The van der Waals surface area contributed by atoms with E-state index in [2.05, 4.69) is 5.32 Å². The number of halogens is 1. The summed E-state index contributed by atoms with van der Waals surface area (Å²) in [6, 6.07) is 30.0. The predicted molar refractivity (Wildman–Crippen MR) is 157 cm³/mol. The van der Waals surface area contributed by atoms with E-state index in [1.165, 1.54) is 24.3 Å². The Kier molecular flexibility index (Phi) is 6.77. The molecule has 0 fully saturated rings. The molecule has 0 unspecified atom stereocenters. The van der Waals surface area contributed by atoms with Crippen LogP contribution in [0.2, 0.25) is 0 Å². The molecule has 2 N–H and O–H groups in total. The molecule has 6 nitrogen and oxygen atoms in total. The zero-order valence-corrected chi connectivity index (χ0v) is 22.2. The van der Waals surface area contributed by atoms with Crippen molar-refractivity contribution in [3.8, 4) is 11.1 Å². The molecule has 0 bridgehead atoms. The zero-order chi connectivity index (χ0) is 28.5. The number of carboxylic acids is 1. The second-order valence-electron chi connectivity index (χ2n) is 10.0. The number of pyridine rings is 1. The van der Waals surface area contributed by atoms with Crippen LogP contribution in [-0.2, 0) is 6.54 Å². The monoisotopic (exact) mass is 543 g/mol. The quantitative estimate of drug-likeness (QED) is 0.222. The van der Waals surface area contributed by atoms with Gasteiger partial charge < -0.3 is 15.0 Å². The Hall–Kier alpha value is -5.30. The van der Waals surface area contributed by atoms with Gasteiger partial charge in [-0.3, -0.25) is 9.78 Å². The Morgan fingerprint density at radius 2 is 1.63 bits per heavy atom. The first-order valence-corrected chi connectivity index (χ1v) is 13.2. The highest BCUT2D eigenvalue weighted by Gasteiger charge is 2.19. The molecule has 0 saturated carbocycles. The van der Waals surface area contributed by atoms with Crippen LogP contribution in [0.15, 0.2) is 109 Å². The highest BCUT2D eigenvalue weighted by atomic mass is 19.1. The van der Waals surface area contributed by atoms with Crippen LogP contribution in [-0.4, -0.2) is 26.5 Å². The third kappa shape index (κ3) is 5.30. The maximum Gasteiger partial charge on any atom is 0.335 e. The molecule has 0 aliphatic heterocycles. The van der Waals surface area contributed by atoms with Crippen LogP contribution in [0, 0.1) is 5.82 Å². The number of nitrogens with one attached hydrogen (secondary N) is 1. The Labute approximate surface area is 235 Å². The van der Waals surface area contributed by atoms with Crippen LogP contribution in [0.4, 0.5) is 4.39 Å². The minimum Gasteiger partial charge on any atom is -0.478 e. The summed E-state index contributed by atoms with van der Waals surface area (Å²) in [5, 5.41) is 14.2. The van der Waals surface area contributed by atoms with E-state index in [1.54, 1.807) is 24.3 Å². The van der Waals surface area contributed by atoms with Gasteiger partial charge in [0.15, 0.2) is 0 Å². The number of carbonyl (C=O) groups is 2. The summed E-state index contributed by atoms with van der Waals surface area (Å²) < 4.78 is 15.7. The van der Waals surface area contributed by atoms with Gasteiger partial charge in [0, 0.05) is 17.0 Å². The highest BCUT2D eigenvalue weighted by Crippen LogP contribution is 2.30. The van der Waals surface area contributed by atoms with E-state index in [9.17, 15) is 19.1 Å². The number of hydrogen-bond donors (Lipinski definition) is 2. The Morgan fingerprint density at radius 3 is 2.39 bits per heavy atom. The van der Waals surface area contributed by atoms with E-state index in [0.717, 1.165) is 44.2 Å². The molecule has 2 aromatic heterocycles. The van der Waals surface area contributed by atoms with Gasteiger partial charge in [0.2, 0.25) is 0 Å². The lowest BCUT2D eigenvalue weighted by Gasteiger charge is -2.17. The number of hydrogen-bond acceptors (Lipinski definition) is 3. The van der Waals surface area contributed by atoms with Crippen molar-refractivity contribution in [3.63, 3.8) is 0 Å². The average Bonchev–Trinajstić information content (AvgIpc) is 3.39. The number of carboxylic acid groups (broad SMARTS) is 1. The van der Waals surface area contributed by atoms with E-state index >= 15 is 0 Å². The van der Waals surface area contributed by atoms with Crippen molar-refractivity contribution in [3.05, 3.63) is 138 Å². The van der Waals surface area contributed by atoms with Crippen molar-refractivity contribution in [1.82, 2.24) is 14.9 Å². The smallest absolute Gasteiger partial charge is 0.335 e. The van der Waals surface area contributed by atoms with E-state index in [1.807, 2.05) is 72.3 Å². The fourth-order valence-corrected chi connectivity index (χ4v) is 5.11. The topological polar surface area (TPSA) is 84.2 Å². The van der Waals surface area contributed by atoms with Gasteiger partial charge in [-0.25, -0.2) is 9.18 Å². The SMILES string of the molecule is C[C@H](NC(=O)c1cc(-c2ccc(F)cc2)cc2ccn(Cc3ccc4ccccc4n3)c12)c1ccc(C(=O)O)cc1. The summed E-state index contributed by atoms with van der Waals surface area (Å²) in [5.74, 6) is -1.61. The van der Waals surface area contributed by atoms with Crippen LogP contribution >= 0.6 is 0 Å². The first-order chi connectivity index (χ1) is 19.9. The average molecular weight is 544 g/mol. The number of amides is 1. The molecule has 0 spiro atoms. The summed E-state index contributed by atoms with van der Waals surface area (Å²) in [4.78, 5) is 29.9. The molecular formula is C34H26FN3O3. The summed E-state index contributed by atoms with van der Waals surface area (Å²) >= 11 is 0. The van der Waals surface area contributed by atoms with Gasteiger partial charge in [-0.05, 0) is 78.2 Å². The van der Waals surface area contributed by atoms with Crippen LogP contribution in [0.25, 0.3) is 32.9 Å². The molecule has 2 heterocycles. The largest absolute Gasteiger partial charge is 0.478 e. The molecule has 41 heavy (non-hydrogen) atoms. The number of para-hydroxylation sites is 1. The van der Waals surface area contributed by atoms with Crippen molar-refractivity contribution in [2.24, 2.45) is 0 Å². The lowest BCUT2D eigenvalue weighted by Crippen LogP contribution is -2.27.